The van der Waals surface area contributed by atoms with Crippen molar-refractivity contribution in [2.24, 2.45) is 0 Å². The predicted octanol–water partition coefficient (Wildman–Crippen LogP) is 4.43. The number of alkyl halides is 3. The molecule has 30 heavy (non-hydrogen) atoms. The molecule has 3 aromatic heterocycles. The number of nitrogens with one attached hydrogen (secondary N) is 1. The van der Waals surface area contributed by atoms with E-state index < -0.39 is 11.9 Å². The quantitative estimate of drug-likeness (QED) is 0.621. The predicted molar refractivity (Wildman–Crippen MR) is 115 cm³/mol. The van der Waals surface area contributed by atoms with Crippen molar-refractivity contribution < 1.29 is 13.2 Å². The van der Waals surface area contributed by atoms with Gasteiger partial charge in [-0.3, -0.25) is 4.90 Å². The molecule has 1 saturated heterocycles. The Labute approximate surface area is 177 Å². The minimum absolute atomic E-state index is 0.317. The van der Waals surface area contributed by atoms with Crippen LogP contribution in [0.15, 0.2) is 35.2 Å². The maximum Gasteiger partial charge on any atom is 0.433 e. The lowest BCUT2D eigenvalue weighted by atomic mass is 10.1. The van der Waals surface area contributed by atoms with Crippen molar-refractivity contribution in [1.29, 1.82) is 0 Å². The van der Waals surface area contributed by atoms with Crippen molar-refractivity contribution in [2.45, 2.75) is 13.1 Å². The van der Waals surface area contributed by atoms with Gasteiger partial charge in [0.05, 0.1) is 5.52 Å². The van der Waals surface area contributed by atoms with Crippen LogP contribution >= 0.6 is 11.3 Å². The van der Waals surface area contributed by atoms with Crippen molar-refractivity contribution >= 4 is 28.1 Å². The van der Waals surface area contributed by atoms with Crippen LogP contribution in [0.4, 0.5) is 19.0 Å². The lowest BCUT2D eigenvalue weighted by molar-refractivity contribution is -0.140. The molecule has 9 heteroatoms. The highest BCUT2D eigenvalue weighted by Crippen LogP contribution is 2.35. The normalized spacial score (nSPS) is 16.3. The Bertz CT molecular complexity index is 982. The zero-order valence-corrected chi connectivity index (χ0v) is 17.6. The highest BCUT2D eigenvalue weighted by Gasteiger charge is 2.33. The highest BCUT2D eigenvalue weighted by molar-refractivity contribution is 7.08. The first-order valence-corrected chi connectivity index (χ1v) is 11.0. The number of piperazine rings is 1. The van der Waals surface area contributed by atoms with E-state index in [0.29, 0.717) is 28.8 Å². The van der Waals surface area contributed by atoms with Crippen molar-refractivity contribution in [1.82, 2.24) is 19.8 Å². The van der Waals surface area contributed by atoms with Crippen molar-refractivity contribution in [3.63, 3.8) is 0 Å². The van der Waals surface area contributed by atoms with Crippen molar-refractivity contribution in [2.75, 3.05) is 51.1 Å². The van der Waals surface area contributed by atoms with Crippen LogP contribution in [-0.4, -0.2) is 65.6 Å². The Morgan fingerprint density at radius 3 is 2.53 bits per heavy atom. The molecule has 3 aromatic rings. The van der Waals surface area contributed by atoms with Crippen LogP contribution in [0.1, 0.15) is 12.6 Å². The van der Waals surface area contributed by atoms with Crippen LogP contribution in [0.5, 0.6) is 0 Å². The molecule has 4 rings (SSSR count). The molecule has 1 aliphatic heterocycles. The maximum absolute atomic E-state index is 13.3. The molecule has 1 aliphatic rings. The van der Waals surface area contributed by atoms with Gasteiger partial charge in [-0.2, -0.15) is 24.5 Å². The van der Waals surface area contributed by atoms with E-state index in [9.17, 15) is 13.2 Å². The Hall–Kier alpha value is -2.23. The second-order valence-electron chi connectivity index (χ2n) is 7.33. The van der Waals surface area contributed by atoms with Crippen LogP contribution in [0.3, 0.4) is 0 Å². The zero-order chi connectivity index (χ0) is 21.1. The fourth-order valence-electron chi connectivity index (χ4n) is 3.70. The first kappa shape index (κ1) is 21.0. The van der Waals surface area contributed by atoms with Crippen LogP contribution < -0.4 is 5.32 Å². The molecule has 0 aromatic carbocycles. The zero-order valence-electron chi connectivity index (χ0n) is 16.7. The summed E-state index contributed by atoms with van der Waals surface area (Å²) >= 11 is 1.49. The van der Waals surface area contributed by atoms with Gasteiger partial charge in [0.1, 0.15) is 11.5 Å². The smallest absolute Gasteiger partial charge is 0.368 e. The molecular formula is C21H24F3N5S. The van der Waals surface area contributed by atoms with Gasteiger partial charge in [0.2, 0.25) is 0 Å². The molecule has 0 bridgehead atoms. The number of nitrogens with zero attached hydrogens (tertiary/aromatic N) is 4. The van der Waals surface area contributed by atoms with E-state index in [-0.39, 0.29) is 0 Å². The summed E-state index contributed by atoms with van der Waals surface area (Å²) in [6.07, 6.45) is -2.88. The third kappa shape index (κ3) is 4.58. The van der Waals surface area contributed by atoms with Gasteiger partial charge in [0, 0.05) is 56.4 Å². The van der Waals surface area contributed by atoms with Crippen LogP contribution in [0.2, 0.25) is 0 Å². The number of pyridine rings is 2. The van der Waals surface area contributed by atoms with E-state index >= 15 is 0 Å². The number of halogens is 3. The summed E-state index contributed by atoms with van der Waals surface area (Å²) in [5.74, 6) is 0.567. The SMILES string of the molecule is CCN1CCN(CCNc2ncc(-c3ccsc3)c3nc(C(F)(F)F)ccc23)CC1. The molecule has 0 amide bonds. The lowest BCUT2D eigenvalue weighted by Gasteiger charge is -2.34. The number of likely N-dealkylation sites (N-methyl/N-ethyl adjacent to an activating group) is 1. The number of hydrogen-bond acceptors (Lipinski definition) is 6. The maximum atomic E-state index is 13.3. The molecule has 1 N–H and O–H groups in total. The molecule has 4 heterocycles. The minimum atomic E-state index is -4.49. The van der Waals surface area contributed by atoms with Gasteiger partial charge < -0.3 is 10.2 Å². The standard InChI is InChI=1S/C21H24F3N5S/c1-2-28-8-10-29(11-9-28)7-6-25-20-16-3-4-18(21(22,23)24)27-19(16)17(13-26-20)15-5-12-30-14-15/h3-5,12-14H,2,6-11H2,1H3,(H,25,26). The summed E-state index contributed by atoms with van der Waals surface area (Å²) in [6.45, 7) is 8.97. The Morgan fingerprint density at radius 2 is 1.87 bits per heavy atom. The first-order chi connectivity index (χ1) is 14.5. The van der Waals surface area contributed by atoms with Gasteiger partial charge in [-0.05, 0) is 41.1 Å². The minimum Gasteiger partial charge on any atom is -0.368 e. The summed E-state index contributed by atoms with van der Waals surface area (Å²) < 4.78 is 39.8. The summed E-state index contributed by atoms with van der Waals surface area (Å²) in [5.41, 5.74) is 0.859. The molecule has 0 atom stereocenters. The summed E-state index contributed by atoms with van der Waals surface area (Å²) in [4.78, 5) is 13.3. The summed E-state index contributed by atoms with van der Waals surface area (Å²) in [5, 5.41) is 7.68. The molecule has 0 unspecified atom stereocenters. The molecular weight excluding hydrogens is 411 g/mol. The molecule has 0 aliphatic carbocycles. The average molecular weight is 436 g/mol. The fraction of sp³-hybridized carbons (Fsp3) is 0.429. The van der Waals surface area contributed by atoms with Crippen LogP contribution in [0.25, 0.3) is 22.0 Å². The lowest BCUT2D eigenvalue weighted by Crippen LogP contribution is -2.47. The fourth-order valence-corrected chi connectivity index (χ4v) is 4.36. The van der Waals surface area contributed by atoms with Crippen LogP contribution in [0, 0.1) is 0 Å². The number of fused-ring (bicyclic) bond motifs is 1. The van der Waals surface area contributed by atoms with Crippen molar-refractivity contribution in [3.8, 4) is 11.1 Å². The third-order valence-electron chi connectivity index (χ3n) is 5.48. The van der Waals surface area contributed by atoms with E-state index in [4.69, 9.17) is 0 Å². The number of aromatic nitrogens is 2. The van der Waals surface area contributed by atoms with E-state index in [1.165, 1.54) is 17.4 Å². The van der Waals surface area contributed by atoms with Gasteiger partial charge in [-0.25, -0.2) is 9.97 Å². The molecule has 0 radical (unpaired) electrons. The Morgan fingerprint density at radius 1 is 1.10 bits per heavy atom. The Kier molecular flexibility index (Phi) is 6.21. The third-order valence-corrected chi connectivity index (χ3v) is 6.17. The second kappa shape index (κ2) is 8.87. The van der Waals surface area contributed by atoms with Gasteiger partial charge in [-0.15, -0.1) is 0 Å². The largest absolute Gasteiger partial charge is 0.433 e. The van der Waals surface area contributed by atoms with E-state index in [1.54, 1.807) is 6.20 Å². The van der Waals surface area contributed by atoms with E-state index in [1.807, 2.05) is 16.8 Å². The van der Waals surface area contributed by atoms with Crippen molar-refractivity contribution in [3.05, 3.63) is 40.8 Å². The van der Waals surface area contributed by atoms with E-state index in [2.05, 4.69) is 32.0 Å². The van der Waals surface area contributed by atoms with Gasteiger partial charge in [0.25, 0.3) is 0 Å². The average Bonchev–Trinajstić information content (AvgIpc) is 3.28. The number of rotatable bonds is 6. The van der Waals surface area contributed by atoms with E-state index in [0.717, 1.165) is 50.9 Å². The molecule has 1 fully saturated rings. The van der Waals surface area contributed by atoms with Gasteiger partial charge in [-0.1, -0.05) is 6.92 Å². The topological polar surface area (TPSA) is 44.3 Å². The summed E-state index contributed by atoms with van der Waals surface area (Å²) in [6, 6.07) is 4.36. The van der Waals surface area contributed by atoms with Gasteiger partial charge >= 0.3 is 6.18 Å². The number of anilines is 1. The molecule has 160 valence electrons. The highest BCUT2D eigenvalue weighted by atomic mass is 32.1. The van der Waals surface area contributed by atoms with Gasteiger partial charge in [0.15, 0.2) is 0 Å². The summed E-state index contributed by atoms with van der Waals surface area (Å²) in [7, 11) is 0. The number of hydrogen-bond donors (Lipinski definition) is 1. The molecule has 5 nitrogen and oxygen atoms in total. The molecule has 0 saturated carbocycles. The second-order valence-corrected chi connectivity index (χ2v) is 8.11. The molecule has 0 spiro atoms. The monoisotopic (exact) mass is 435 g/mol. The first-order valence-electron chi connectivity index (χ1n) is 10.0. The van der Waals surface area contributed by atoms with Crippen LogP contribution in [-0.2, 0) is 6.18 Å². The Balaban J connectivity index is 1.56. The number of thiophene rings is 1.